The van der Waals surface area contributed by atoms with Crippen LogP contribution in [0.4, 0.5) is 4.79 Å². The van der Waals surface area contributed by atoms with Gasteiger partial charge in [-0.05, 0) is 36.4 Å². The van der Waals surface area contributed by atoms with Crippen LogP contribution in [0.15, 0.2) is 24.3 Å². The van der Waals surface area contributed by atoms with Crippen LogP contribution in [0.3, 0.4) is 0 Å². The molecule has 0 N–H and O–H groups in total. The number of allylic oxidation sites excluding steroid dienone is 3. The molecule has 0 bridgehead atoms. The van der Waals surface area contributed by atoms with Crippen LogP contribution in [0.5, 0.6) is 0 Å². The SMILES string of the molecule is C/C=C/C=C/[C@@H]1C[C@H](O[Si](C(C)C)(C(C)C)C(C)C)CCN1C(=O)OC. The first-order valence-corrected chi connectivity index (χ1v) is 12.2. The molecule has 1 aliphatic heterocycles. The van der Waals surface area contributed by atoms with Gasteiger partial charge in [0.15, 0.2) is 0 Å². The quantitative estimate of drug-likeness (QED) is 0.406. The number of piperidine rings is 1. The summed E-state index contributed by atoms with van der Waals surface area (Å²) in [7, 11) is -0.463. The number of ether oxygens (including phenoxy) is 1. The van der Waals surface area contributed by atoms with Crippen molar-refractivity contribution in [3.63, 3.8) is 0 Å². The molecule has 0 aromatic carbocycles. The van der Waals surface area contributed by atoms with E-state index >= 15 is 0 Å². The lowest BCUT2D eigenvalue weighted by atomic mass is 9.99. The number of hydrogen-bond acceptors (Lipinski definition) is 3. The van der Waals surface area contributed by atoms with Gasteiger partial charge in [0, 0.05) is 12.6 Å². The van der Waals surface area contributed by atoms with Crippen LogP contribution in [-0.2, 0) is 9.16 Å². The van der Waals surface area contributed by atoms with Crippen LogP contribution >= 0.6 is 0 Å². The Labute approximate surface area is 161 Å². The van der Waals surface area contributed by atoms with Gasteiger partial charge >= 0.3 is 6.09 Å². The van der Waals surface area contributed by atoms with Gasteiger partial charge in [0.1, 0.15) is 0 Å². The van der Waals surface area contributed by atoms with E-state index in [-0.39, 0.29) is 18.2 Å². The number of likely N-dealkylation sites (tertiary alicyclic amines) is 1. The highest BCUT2D eigenvalue weighted by Gasteiger charge is 2.47. The van der Waals surface area contributed by atoms with Crippen LogP contribution in [-0.4, -0.2) is 45.1 Å². The fourth-order valence-electron chi connectivity index (χ4n) is 4.60. The summed E-state index contributed by atoms with van der Waals surface area (Å²) in [6.45, 7) is 16.6. The Balaban J connectivity index is 3.02. The molecule has 0 saturated carbocycles. The van der Waals surface area contributed by atoms with E-state index in [2.05, 4.69) is 47.6 Å². The maximum absolute atomic E-state index is 12.1. The number of hydrogen-bond donors (Lipinski definition) is 0. The number of amides is 1. The topological polar surface area (TPSA) is 38.8 Å². The van der Waals surface area contributed by atoms with E-state index < -0.39 is 8.32 Å². The second kappa shape index (κ2) is 10.3. The summed E-state index contributed by atoms with van der Waals surface area (Å²) in [6.07, 6.45) is 9.76. The van der Waals surface area contributed by atoms with E-state index in [1.807, 2.05) is 30.1 Å². The minimum absolute atomic E-state index is 0.0237. The summed E-state index contributed by atoms with van der Waals surface area (Å²) in [6, 6.07) is 0.0237. The van der Waals surface area contributed by atoms with Crippen molar-refractivity contribution in [3.8, 4) is 0 Å². The van der Waals surface area contributed by atoms with Crippen molar-refractivity contribution in [2.75, 3.05) is 13.7 Å². The molecule has 1 rings (SSSR count). The summed E-state index contributed by atoms with van der Waals surface area (Å²) in [4.78, 5) is 14.0. The maximum Gasteiger partial charge on any atom is 0.409 e. The molecule has 0 aliphatic carbocycles. The highest BCUT2D eigenvalue weighted by Crippen LogP contribution is 2.44. The Bertz CT molecular complexity index is 478. The Kier molecular flexibility index (Phi) is 9.11. The van der Waals surface area contributed by atoms with Crippen molar-refractivity contribution in [2.45, 2.75) is 90.1 Å². The van der Waals surface area contributed by atoms with E-state index in [1.165, 1.54) is 7.11 Å². The number of carbonyl (C=O) groups is 1. The molecule has 1 heterocycles. The molecule has 0 aromatic heterocycles. The second-order valence-corrected chi connectivity index (χ2v) is 13.6. The first-order valence-electron chi connectivity index (χ1n) is 10.0. The van der Waals surface area contributed by atoms with Crippen LogP contribution < -0.4 is 0 Å². The van der Waals surface area contributed by atoms with Gasteiger partial charge in [0.2, 0.25) is 8.32 Å². The number of carbonyl (C=O) groups excluding carboxylic acids is 1. The van der Waals surface area contributed by atoms with Gasteiger partial charge in [-0.3, -0.25) is 0 Å². The largest absolute Gasteiger partial charge is 0.453 e. The predicted molar refractivity (Wildman–Crippen MR) is 112 cm³/mol. The maximum atomic E-state index is 12.1. The van der Waals surface area contributed by atoms with E-state index in [0.29, 0.717) is 23.2 Å². The average molecular weight is 382 g/mol. The first kappa shape index (κ1) is 23.0. The fraction of sp³-hybridized carbons (Fsp3) is 0.762. The molecular formula is C21H39NO3Si. The van der Waals surface area contributed by atoms with Crippen molar-refractivity contribution in [1.29, 1.82) is 0 Å². The van der Waals surface area contributed by atoms with Gasteiger partial charge in [-0.25, -0.2) is 4.79 Å². The number of methoxy groups -OCH3 is 1. The second-order valence-electron chi connectivity index (χ2n) is 8.22. The molecule has 0 aromatic rings. The minimum atomic E-state index is -1.91. The third-order valence-electron chi connectivity index (χ3n) is 5.72. The highest BCUT2D eigenvalue weighted by atomic mass is 28.4. The Hall–Kier alpha value is -1.07. The zero-order chi connectivity index (χ0) is 19.9. The smallest absolute Gasteiger partial charge is 0.409 e. The van der Waals surface area contributed by atoms with Gasteiger partial charge < -0.3 is 14.1 Å². The molecule has 5 heteroatoms. The minimum Gasteiger partial charge on any atom is -0.453 e. The van der Waals surface area contributed by atoms with Crippen molar-refractivity contribution in [1.82, 2.24) is 4.90 Å². The number of nitrogens with zero attached hydrogens (tertiary/aromatic N) is 1. The third kappa shape index (κ3) is 5.23. The molecule has 1 amide bonds. The molecule has 0 radical (unpaired) electrons. The number of rotatable bonds is 7. The molecular weight excluding hydrogens is 342 g/mol. The lowest BCUT2D eigenvalue weighted by Gasteiger charge is -2.47. The van der Waals surface area contributed by atoms with Crippen molar-refractivity contribution in [3.05, 3.63) is 24.3 Å². The van der Waals surface area contributed by atoms with Crippen molar-refractivity contribution in [2.24, 2.45) is 0 Å². The highest BCUT2D eigenvalue weighted by molar-refractivity contribution is 6.77. The molecule has 0 spiro atoms. The monoisotopic (exact) mass is 381 g/mol. The molecule has 1 saturated heterocycles. The standard InChI is InChI=1S/C21H39NO3Si/c1-9-10-11-12-19-15-20(13-14-22(19)21(23)24-8)25-26(16(2)3,17(4)5)18(6)7/h9-12,16-20H,13-15H2,1-8H3/b10-9+,12-11+/t19-,20-/m1/s1. The molecule has 0 unspecified atom stereocenters. The van der Waals surface area contributed by atoms with Crippen molar-refractivity contribution < 1.29 is 14.0 Å². The normalized spacial score (nSPS) is 22.3. The fourth-order valence-corrected chi connectivity index (χ4v) is 10.2. The molecule has 26 heavy (non-hydrogen) atoms. The molecule has 4 nitrogen and oxygen atoms in total. The van der Waals surface area contributed by atoms with Crippen LogP contribution in [0.25, 0.3) is 0 Å². The van der Waals surface area contributed by atoms with E-state index in [0.717, 1.165) is 12.8 Å². The van der Waals surface area contributed by atoms with E-state index in [9.17, 15) is 4.79 Å². The Morgan fingerprint density at radius 2 is 1.65 bits per heavy atom. The lowest BCUT2D eigenvalue weighted by Crippen LogP contribution is -2.54. The van der Waals surface area contributed by atoms with Gasteiger partial charge in [-0.2, -0.15) is 0 Å². The van der Waals surface area contributed by atoms with Crippen LogP contribution in [0.1, 0.15) is 61.3 Å². The van der Waals surface area contributed by atoms with E-state index in [1.54, 1.807) is 0 Å². The molecule has 150 valence electrons. The summed E-state index contributed by atoms with van der Waals surface area (Å²) >= 11 is 0. The molecule has 1 aliphatic rings. The average Bonchev–Trinajstić information content (AvgIpc) is 2.58. The zero-order valence-electron chi connectivity index (χ0n) is 18.0. The summed E-state index contributed by atoms with van der Waals surface area (Å²) in [5.74, 6) is 0. The van der Waals surface area contributed by atoms with Crippen LogP contribution in [0, 0.1) is 0 Å². The predicted octanol–water partition coefficient (Wildman–Crippen LogP) is 5.91. The Morgan fingerprint density at radius 3 is 2.12 bits per heavy atom. The van der Waals surface area contributed by atoms with Gasteiger partial charge in [0.25, 0.3) is 0 Å². The van der Waals surface area contributed by atoms with Gasteiger partial charge in [0.05, 0.1) is 13.2 Å². The van der Waals surface area contributed by atoms with E-state index in [4.69, 9.17) is 9.16 Å². The van der Waals surface area contributed by atoms with Crippen molar-refractivity contribution >= 4 is 14.4 Å². The van der Waals surface area contributed by atoms with Gasteiger partial charge in [-0.15, -0.1) is 0 Å². The van der Waals surface area contributed by atoms with Crippen LogP contribution in [0.2, 0.25) is 16.6 Å². The summed E-state index contributed by atoms with van der Waals surface area (Å²) in [5, 5.41) is 0. The molecule has 2 atom stereocenters. The summed E-state index contributed by atoms with van der Waals surface area (Å²) < 4.78 is 11.9. The third-order valence-corrected chi connectivity index (χ3v) is 11.9. The zero-order valence-corrected chi connectivity index (χ0v) is 19.0. The molecule has 1 fully saturated rings. The first-order chi connectivity index (χ1) is 12.2. The Morgan fingerprint density at radius 1 is 1.08 bits per heavy atom. The lowest BCUT2D eigenvalue weighted by molar-refractivity contribution is 0.0524. The summed E-state index contributed by atoms with van der Waals surface area (Å²) in [5.41, 5.74) is 1.70. The van der Waals surface area contributed by atoms with Gasteiger partial charge in [-0.1, -0.05) is 65.8 Å².